The van der Waals surface area contributed by atoms with Crippen molar-refractivity contribution in [2.45, 2.75) is 38.5 Å². The summed E-state index contributed by atoms with van der Waals surface area (Å²) in [4.78, 5) is 10.5. The molecule has 6 heteroatoms. The molecule has 0 aliphatic carbocycles. The van der Waals surface area contributed by atoms with Gasteiger partial charge in [-0.15, -0.1) is 0 Å². The number of carbonyl (C=O) groups excluding carboxylic acids is 1. The van der Waals surface area contributed by atoms with E-state index in [9.17, 15) is 20.3 Å². The molecular weight excluding hydrogens is 176 g/mol. The predicted octanol–water partition coefficient (Wildman–Crippen LogP) is -1.37. The Bertz CT molecular complexity index is 231. The minimum Gasteiger partial charge on any atom is -0.547 e. The molecule has 0 saturated carbocycles. The van der Waals surface area contributed by atoms with E-state index in [1.807, 2.05) is 0 Å². The van der Waals surface area contributed by atoms with Crippen LogP contribution in [0.4, 0.5) is 0 Å². The highest BCUT2D eigenvalue weighted by Gasteiger charge is 2.50. The van der Waals surface area contributed by atoms with Crippen molar-refractivity contribution in [3.8, 4) is 0 Å². The lowest BCUT2D eigenvalue weighted by molar-refractivity contribution is -0.335. The molecule has 13 heavy (non-hydrogen) atoms. The number of carbonyl (C=O) groups is 1. The quantitative estimate of drug-likeness (QED) is 0.529. The van der Waals surface area contributed by atoms with Gasteiger partial charge < -0.3 is 20.3 Å². The number of hydroxylamine groups is 4. The average Bonchev–Trinajstić information content (AvgIpc) is 2.14. The zero-order valence-electron chi connectivity index (χ0n) is 7.76. The van der Waals surface area contributed by atoms with Crippen LogP contribution >= 0.6 is 0 Å². The maximum Gasteiger partial charge on any atom is 0.150 e. The van der Waals surface area contributed by atoms with Gasteiger partial charge in [-0.05, 0) is 20.8 Å². The normalized spacial score (nSPS) is 35.2. The van der Waals surface area contributed by atoms with Crippen molar-refractivity contribution in [1.29, 1.82) is 0 Å². The molecule has 2 atom stereocenters. The van der Waals surface area contributed by atoms with Crippen LogP contribution in [0.5, 0.6) is 0 Å². The number of carboxylic acids is 1. The van der Waals surface area contributed by atoms with Gasteiger partial charge in [-0.25, -0.2) is 0 Å². The van der Waals surface area contributed by atoms with Crippen LogP contribution in [-0.4, -0.2) is 44.3 Å². The van der Waals surface area contributed by atoms with E-state index in [-0.39, 0.29) is 0 Å². The molecule has 0 amide bonds. The third-order valence-electron chi connectivity index (χ3n) is 2.70. The zero-order chi connectivity index (χ0) is 10.4. The smallest absolute Gasteiger partial charge is 0.150 e. The Balaban J connectivity index is 2.98. The lowest BCUT2D eigenvalue weighted by Crippen LogP contribution is -2.52. The molecule has 1 heterocycles. The van der Waals surface area contributed by atoms with Crippen molar-refractivity contribution in [3.05, 3.63) is 0 Å². The maximum atomic E-state index is 10.5. The first-order valence-electron chi connectivity index (χ1n) is 3.96. The van der Waals surface area contributed by atoms with Crippen molar-refractivity contribution >= 4 is 5.97 Å². The van der Waals surface area contributed by atoms with Gasteiger partial charge in [0.25, 0.3) is 0 Å². The van der Waals surface area contributed by atoms with Crippen LogP contribution in [-0.2, 0) is 4.79 Å². The standard InChI is InChI=1S/C7H14N2O4/c1-4-7(2,3)9(13)5(6(10)11)8(4)12/h4-5,12-13H,1-3H3,(H,10,11)/p-1/t4-,5+/m0/s1. The van der Waals surface area contributed by atoms with E-state index in [1.165, 1.54) is 0 Å². The molecule has 0 spiro atoms. The first-order valence-corrected chi connectivity index (χ1v) is 3.96. The molecule has 2 N–H and O–H groups in total. The molecule has 0 bridgehead atoms. The van der Waals surface area contributed by atoms with Gasteiger partial charge in [-0.1, -0.05) is 0 Å². The van der Waals surface area contributed by atoms with Crippen molar-refractivity contribution in [3.63, 3.8) is 0 Å². The minimum atomic E-state index is -1.53. The number of rotatable bonds is 1. The Morgan fingerprint density at radius 1 is 1.46 bits per heavy atom. The van der Waals surface area contributed by atoms with Crippen LogP contribution in [0.15, 0.2) is 0 Å². The molecule has 1 aliphatic heterocycles. The van der Waals surface area contributed by atoms with Crippen molar-refractivity contribution < 1.29 is 20.3 Å². The third-order valence-corrected chi connectivity index (χ3v) is 2.70. The van der Waals surface area contributed by atoms with Gasteiger partial charge in [0.05, 0.1) is 17.6 Å². The highest BCUT2D eigenvalue weighted by molar-refractivity contribution is 5.71. The molecule has 0 aromatic carbocycles. The van der Waals surface area contributed by atoms with Crippen LogP contribution in [0.3, 0.4) is 0 Å². The van der Waals surface area contributed by atoms with Gasteiger partial charge in [0.15, 0.2) is 6.17 Å². The summed E-state index contributed by atoms with van der Waals surface area (Å²) in [6.45, 7) is 4.87. The van der Waals surface area contributed by atoms with Gasteiger partial charge in [-0.3, -0.25) is 0 Å². The molecule has 1 rings (SSSR count). The molecule has 1 saturated heterocycles. The molecule has 0 unspecified atom stereocenters. The van der Waals surface area contributed by atoms with Gasteiger partial charge in [0.2, 0.25) is 0 Å². The van der Waals surface area contributed by atoms with E-state index in [0.29, 0.717) is 10.1 Å². The lowest BCUT2D eigenvalue weighted by atomic mass is 9.98. The second kappa shape index (κ2) is 2.91. The Kier molecular flexibility index (Phi) is 2.33. The van der Waals surface area contributed by atoms with Crippen LogP contribution in [0.1, 0.15) is 20.8 Å². The first kappa shape index (κ1) is 10.4. The van der Waals surface area contributed by atoms with Crippen molar-refractivity contribution in [2.75, 3.05) is 0 Å². The van der Waals surface area contributed by atoms with E-state index in [4.69, 9.17) is 0 Å². The van der Waals surface area contributed by atoms with E-state index >= 15 is 0 Å². The third kappa shape index (κ3) is 1.31. The largest absolute Gasteiger partial charge is 0.547 e. The second-order valence-electron chi connectivity index (χ2n) is 3.75. The summed E-state index contributed by atoms with van der Waals surface area (Å²) in [7, 11) is 0. The Labute approximate surface area is 75.9 Å². The van der Waals surface area contributed by atoms with E-state index in [2.05, 4.69) is 0 Å². The maximum absolute atomic E-state index is 10.5. The molecule has 0 radical (unpaired) electrons. The summed E-state index contributed by atoms with van der Waals surface area (Å²) < 4.78 is 0. The average molecular weight is 189 g/mol. The number of carboxylic acid groups (broad SMARTS) is 1. The Hall–Kier alpha value is -0.690. The fraction of sp³-hybridized carbons (Fsp3) is 0.857. The molecule has 76 valence electrons. The summed E-state index contributed by atoms with van der Waals surface area (Å²) in [6, 6.07) is -0.486. The summed E-state index contributed by atoms with van der Waals surface area (Å²) in [5.41, 5.74) is -0.820. The number of nitrogens with zero attached hydrogens (tertiary/aromatic N) is 2. The van der Waals surface area contributed by atoms with Crippen molar-refractivity contribution in [1.82, 2.24) is 10.1 Å². The molecule has 1 fully saturated rings. The second-order valence-corrected chi connectivity index (χ2v) is 3.75. The molecule has 0 aromatic heterocycles. The highest BCUT2D eigenvalue weighted by atomic mass is 16.6. The fourth-order valence-electron chi connectivity index (χ4n) is 1.36. The van der Waals surface area contributed by atoms with Crippen LogP contribution < -0.4 is 5.11 Å². The first-order chi connectivity index (χ1) is 5.80. The van der Waals surface area contributed by atoms with Gasteiger partial charge >= 0.3 is 0 Å². The van der Waals surface area contributed by atoms with Gasteiger partial charge in [0.1, 0.15) is 0 Å². The minimum absolute atomic E-state index is 0.486. The van der Waals surface area contributed by atoms with Crippen LogP contribution in [0.2, 0.25) is 0 Å². The monoisotopic (exact) mass is 189 g/mol. The lowest BCUT2D eigenvalue weighted by Gasteiger charge is -2.29. The predicted molar refractivity (Wildman–Crippen MR) is 39.6 cm³/mol. The number of hydrogen-bond acceptors (Lipinski definition) is 6. The SMILES string of the molecule is C[C@@H]1N(O)[C@@H](C(=O)[O-])N(O)C1(C)C. The molecular formula is C7H13N2O4-. The highest BCUT2D eigenvalue weighted by Crippen LogP contribution is 2.31. The molecule has 1 aliphatic rings. The van der Waals surface area contributed by atoms with E-state index in [0.717, 1.165) is 0 Å². The Morgan fingerprint density at radius 2 is 1.92 bits per heavy atom. The van der Waals surface area contributed by atoms with Gasteiger partial charge in [0, 0.05) is 0 Å². The van der Waals surface area contributed by atoms with Gasteiger partial charge in [-0.2, -0.15) is 10.1 Å². The molecule has 6 nitrogen and oxygen atoms in total. The summed E-state index contributed by atoms with van der Waals surface area (Å²) in [5, 5.41) is 30.5. The fourth-order valence-corrected chi connectivity index (χ4v) is 1.36. The van der Waals surface area contributed by atoms with Crippen molar-refractivity contribution in [2.24, 2.45) is 0 Å². The summed E-state index contributed by atoms with van der Waals surface area (Å²) >= 11 is 0. The van der Waals surface area contributed by atoms with Crippen LogP contribution in [0, 0.1) is 0 Å². The summed E-state index contributed by atoms with van der Waals surface area (Å²) in [6.07, 6.45) is -1.50. The zero-order valence-corrected chi connectivity index (χ0v) is 7.76. The molecule has 0 aromatic rings. The van der Waals surface area contributed by atoms with Crippen LogP contribution in [0.25, 0.3) is 0 Å². The van der Waals surface area contributed by atoms with E-state index in [1.54, 1.807) is 20.8 Å². The van der Waals surface area contributed by atoms with E-state index < -0.39 is 23.7 Å². The summed E-state index contributed by atoms with van der Waals surface area (Å²) in [5.74, 6) is -1.53. The Morgan fingerprint density at radius 3 is 2.08 bits per heavy atom. The number of aliphatic carboxylic acids is 1. The topological polar surface area (TPSA) is 87.1 Å². The number of hydrogen-bond donors (Lipinski definition) is 2.